The van der Waals surface area contributed by atoms with Crippen molar-refractivity contribution in [1.82, 2.24) is 4.98 Å². The summed E-state index contributed by atoms with van der Waals surface area (Å²) in [6.45, 7) is 2.10. The molecule has 1 amide bonds. The number of nitrogens with zero attached hydrogens (tertiary/aromatic N) is 2. The lowest BCUT2D eigenvalue weighted by Crippen LogP contribution is -2.29. The molecule has 24 heavy (non-hydrogen) atoms. The fourth-order valence-electron chi connectivity index (χ4n) is 2.27. The predicted molar refractivity (Wildman–Crippen MR) is 100 cm³/mol. The number of nitrogens with one attached hydrogen (secondary N) is 1. The van der Waals surface area contributed by atoms with Crippen molar-refractivity contribution in [3.8, 4) is 0 Å². The number of carbonyl (C=O) groups is 1. The number of likely N-dealkylation sites (N-methyl/N-ethyl adjacent to an activating group) is 1. The Morgan fingerprint density at radius 3 is 2.88 bits per heavy atom. The Balaban J connectivity index is 1.70. The average Bonchev–Trinajstić information content (AvgIpc) is 2.97. The zero-order valence-electron chi connectivity index (χ0n) is 13.1. The van der Waals surface area contributed by atoms with Crippen LogP contribution in [0.3, 0.4) is 0 Å². The van der Waals surface area contributed by atoms with Gasteiger partial charge in [-0.2, -0.15) is 0 Å². The van der Waals surface area contributed by atoms with Crippen molar-refractivity contribution in [2.45, 2.75) is 6.92 Å². The van der Waals surface area contributed by atoms with Crippen LogP contribution in [0.5, 0.6) is 0 Å². The third-order valence-electron chi connectivity index (χ3n) is 3.51. The molecular weight excluding hydrogens is 393 g/mol. The molecule has 1 N–H and O–H groups in total. The molecule has 3 rings (SSSR count). The topological polar surface area (TPSA) is 45.2 Å². The van der Waals surface area contributed by atoms with Crippen LogP contribution in [-0.2, 0) is 4.79 Å². The van der Waals surface area contributed by atoms with Crippen LogP contribution in [0.25, 0.3) is 10.2 Å². The number of aryl methyl sites for hydroxylation is 1. The van der Waals surface area contributed by atoms with Crippen LogP contribution in [0, 0.1) is 12.7 Å². The van der Waals surface area contributed by atoms with E-state index < -0.39 is 0 Å². The number of benzene rings is 2. The van der Waals surface area contributed by atoms with Crippen molar-refractivity contribution in [3.63, 3.8) is 0 Å². The molecule has 0 radical (unpaired) electrons. The first-order valence-electron chi connectivity index (χ1n) is 7.26. The number of hydrogen-bond acceptors (Lipinski definition) is 4. The summed E-state index contributed by atoms with van der Waals surface area (Å²) in [6, 6.07) is 10.5. The number of aromatic nitrogens is 1. The Morgan fingerprint density at radius 1 is 1.38 bits per heavy atom. The minimum atomic E-state index is -0.349. The minimum Gasteiger partial charge on any atom is -0.342 e. The molecule has 1 heterocycles. The molecule has 0 bridgehead atoms. The summed E-state index contributed by atoms with van der Waals surface area (Å²) in [4.78, 5) is 18.2. The van der Waals surface area contributed by atoms with E-state index in [0.717, 1.165) is 20.4 Å². The lowest BCUT2D eigenvalue weighted by molar-refractivity contribution is -0.114. The maximum Gasteiger partial charge on any atom is 0.243 e. The van der Waals surface area contributed by atoms with Gasteiger partial charge in [0.05, 0.1) is 11.2 Å². The number of halogens is 2. The number of rotatable bonds is 4. The van der Waals surface area contributed by atoms with Gasteiger partial charge in [0.1, 0.15) is 11.3 Å². The number of anilines is 2. The predicted octanol–water partition coefficient (Wildman–Crippen LogP) is 4.58. The molecule has 0 aliphatic carbocycles. The molecular formula is C17H15BrFN3OS. The van der Waals surface area contributed by atoms with Gasteiger partial charge < -0.3 is 10.2 Å². The van der Waals surface area contributed by atoms with Crippen molar-refractivity contribution >= 4 is 54.2 Å². The fourth-order valence-corrected chi connectivity index (χ4v) is 3.46. The van der Waals surface area contributed by atoms with E-state index in [4.69, 9.17) is 0 Å². The monoisotopic (exact) mass is 407 g/mol. The Bertz CT molecular complexity index is 912. The van der Waals surface area contributed by atoms with Gasteiger partial charge in [0.2, 0.25) is 5.91 Å². The van der Waals surface area contributed by atoms with Gasteiger partial charge in [-0.25, -0.2) is 9.37 Å². The second kappa shape index (κ2) is 6.86. The highest BCUT2D eigenvalue weighted by Crippen LogP contribution is 2.29. The Hall–Kier alpha value is -1.99. The molecule has 3 aromatic rings. The van der Waals surface area contributed by atoms with Gasteiger partial charge in [-0.15, -0.1) is 0 Å². The first kappa shape index (κ1) is 16.9. The largest absolute Gasteiger partial charge is 0.342 e. The highest BCUT2D eigenvalue weighted by atomic mass is 79.9. The van der Waals surface area contributed by atoms with E-state index in [-0.39, 0.29) is 18.3 Å². The fraction of sp³-hybridized carbons (Fsp3) is 0.176. The molecule has 0 aliphatic heterocycles. The molecule has 2 aromatic carbocycles. The molecule has 0 spiro atoms. The second-order valence-electron chi connectivity index (χ2n) is 5.45. The zero-order valence-corrected chi connectivity index (χ0v) is 15.5. The van der Waals surface area contributed by atoms with Crippen molar-refractivity contribution in [2.24, 2.45) is 0 Å². The molecule has 4 nitrogen and oxygen atoms in total. The molecule has 0 aliphatic rings. The van der Waals surface area contributed by atoms with E-state index in [9.17, 15) is 9.18 Å². The van der Waals surface area contributed by atoms with Gasteiger partial charge in [0, 0.05) is 17.2 Å². The van der Waals surface area contributed by atoms with Crippen LogP contribution in [0.15, 0.2) is 40.9 Å². The summed E-state index contributed by atoms with van der Waals surface area (Å²) in [5.41, 5.74) is 2.13. The summed E-state index contributed by atoms with van der Waals surface area (Å²) in [5, 5.41) is 3.47. The first-order valence-corrected chi connectivity index (χ1v) is 8.87. The van der Waals surface area contributed by atoms with E-state index in [1.54, 1.807) is 18.0 Å². The lowest BCUT2D eigenvalue weighted by Gasteiger charge is -2.15. The van der Waals surface area contributed by atoms with Crippen LogP contribution in [0.2, 0.25) is 0 Å². The summed E-state index contributed by atoms with van der Waals surface area (Å²) in [6.07, 6.45) is 0. The highest BCUT2D eigenvalue weighted by molar-refractivity contribution is 9.10. The molecule has 0 saturated heterocycles. The van der Waals surface area contributed by atoms with Crippen molar-refractivity contribution in [2.75, 3.05) is 23.8 Å². The van der Waals surface area contributed by atoms with E-state index in [1.165, 1.54) is 17.4 Å². The maximum absolute atomic E-state index is 13.7. The SMILES string of the molecule is Cc1cc(NC(=O)CN(C)c2nc3c(F)cccc3s2)ccc1Br. The second-order valence-corrected chi connectivity index (χ2v) is 7.31. The molecule has 0 atom stereocenters. The summed E-state index contributed by atoms with van der Waals surface area (Å²) < 4.78 is 15.5. The molecule has 124 valence electrons. The van der Waals surface area contributed by atoms with Gasteiger partial charge in [0.25, 0.3) is 0 Å². The van der Waals surface area contributed by atoms with Crippen LogP contribution in [-0.4, -0.2) is 24.5 Å². The highest BCUT2D eigenvalue weighted by Gasteiger charge is 2.14. The number of amides is 1. The lowest BCUT2D eigenvalue weighted by atomic mass is 10.2. The quantitative estimate of drug-likeness (QED) is 0.688. The molecule has 0 saturated carbocycles. The van der Waals surface area contributed by atoms with Crippen molar-refractivity contribution < 1.29 is 9.18 Å². The number of thiazole rings is 1. The summed E-state index contributed by atoms with van der Waals surface area (Å²) in [5.74, 6) is -0.503. The van der Waals surface area contributed by atoms with E-state index >= 15 is 0 Å². The summed E-state index contributed by atoms with van der Waals surface area (Å²) >= 11 is 4.79. The standard InChI is InChI=1S/C17H15BrFN3OS/c1-10-8-11(6-7-12(10)18)20-15(23)9-22(2)17-21-16-13(19)4-3-5-14(16)24-17/h3-8H,9H2,1-2H3,(H,20,23). The van der Waals surface area contributed by atoms with Gasteiger partial charge >= 0.3 is 0 Å². The van der Waals surface area contributed by atoms with E-state index in [2.05, 4.69) is 26.2 Å². The third-order valence-corrected chi connectivity index (χ3v) is 5.53. The summed E-state index contributed by atoms with van der Waals surface area (Å²) in [7, 11) is 1.77. The van der Waals surface area contributed by atoms with Gasteiger partial charge in [-0.3, -0.25) is 4.79 Å². The number of carbonyl (C=O) groups excluding carboxylic acids is 1. The van der Waals surface area contributed by atoms with Gasteiger partial charge in [0.15, 0.2) is 5.13 Å². The van der Waals surface area contributed by atoms with Gasteiger partial charge in [-0.1, -0.05) is 33.3 Å². The van der Waals surface area contributed by atoms with Crippen LogP contribution in [0.1, 0.15) is 5.56 Å². The van der Waals surface area contributed by atoms with Crippen LogP contribution < -0.4 is 10.2 Å². The Kier molecular flexibility index (Phi) is 4.82. The molecule has 7 heteroatoms. The Labute approximate surface area is 151 Å². The average molecular weight is 408 g/mol. The molecule has 1 aromatic heterocycles. The van der Waals surface area contributed by atoms with Crippen LogP contribution in [0.4, 0.5) is 15.2 Å². The molecule has 0 unspecified atom stereocenters. The van der Waals surface area contributed by atoms with E-state index in [1.807, 2.05) is 31.2 Å². The normalized spacial score (nSPS) is 10.8. The van der Waals surface area contributed by atoms with Crippen LogP contribution >= 0.6 is 27.3 Å². The third kappa shape index (κ3) is 3.57. The Morgan fingerprint density at radius 2 is 2.17 bits per heavy atom. The number of hydrogen-bond donors (Lipinski definition) is 1. The van der Waals surface area contributed by atoms with Gasteiger partial charge in [-0.05, 0) is 42.8 Å². The van der Waals surface area contributed by atoms with Crippen molar-refractivity contribution in [3.05, 3.63) is 52.3 Å². The zero-order chi connectivity index (χ0) is 17.3. The maximum atomic E-state index is 13.7. The van der Waals surface area contributed by atoms with E-state index in [0.29, 0.717) is 10.6 Å². The smallest absolute Gasteiger partial charge is 0.243 e. The number of fused-ring (bicyclic) bond motifs is 1. The first-order chi connectivity index (χ1) is 11.4. The van der Waals surface area contributed by atoms with Crippen molar-refractivity contribution in [1.29, 1.82) is 0 Å². The minimum absolute atomic E-state index is 0.135. The number of para-hydroxylation sites is 1. The molecule has 0 fully saturated rings.